The molecule has 6 nitrogen and oxygen atoms in total. The summed E-state index contributed by atoms with van der Waals surface area (Å²) in [5.74, 6) is -1.59. The first-order valence-corrected chi connectivity index (χ1v) is 6.32. The third-order valence-corrected chi connectivity index (χ3v) is 2.93. The molecule has 0 aliphatic carbocycles. The number of hydrogen-bond acceptors (Lipinski definition) is 3. The number of carboxylic acids is 1. The normalized spacial score (nSPS) is 12.2. The van der Waals surface area contributed by atoms with Crippen molar-refractivity contribution in [3.8, 4) is 0 Å². The molecular formula is C15H15N3O3. The van der Waals surface area contributed by atoms with E-state index in [0.29, 0.717) is 5.56 Å². The van der Waals surface area contributed by atoms with Crippen LogP contribution >= 0.6 is 0 Å². The van der Waals surface area contributed by atoms with Gasteiger partial charge in [0, 0.05) is 19.3 Å². The SMILES string of the molecule is Cn1nccc1/C=C/C(=O)N[C@H](C(=O)O)c1ccccc1. The molecule has 0 unspecified atom stereocenters. The highest BCUT2D eigenvalue weighted by Gasteiger charge is 2.20. The van der Waals surface area contributed by atoms with Gasteiger partial charge in [-0.15, -0.1) is 0 Å². The fraction of sp³-hybridized carbons (Fsp3) is 0.133. The highest BCUT2D eigenvalue weighted by Crippen LogP contribution is 2.12. The van der Waals surface area contributed by atoms with E-state index in [1.807, 2.05) is 0 Å². The minimum Gasteiger partial charge on any atom is -0.479 e. The topological polar surface area (TPSA) is 84.2 Å². The standard InChI is InChI=1S/C15H15N3O3/c1-18-12(9-10-16-18)7-8-13(19)17-14(15(20)21)11-5-3-2-4-6-11/h2-10,14H,1H3,(H,17,19)(H,20,21)/b8-7+/t14-/m0/s1. The van der Waals surface area contributed by atoms with E-state index in [1.54, 1.807) is 60.4 Å². The fourth-order valence-electron chi connectivity index (χ4n) is 1.83. The molecule has 21 heavy (non-hydrogen) atoms. The maximum absolute atomic E-state index is 11.8. The summed E-state index contributed by atoms with van der Waals surface area (Å²) < 4.78 is 1.61. The van der Waals surface area contributed by atoms with E-state index < -0.39 is 17.9 Å². The number of carbonyl (C=O) groups excluding carboxylic acids is 1. The summed E-state index contributed by atoms with van der Waals surface area (Å²) >= 11 is 0. The molecule has 1 heterocycles. The maximum Gasteiger partial charge on any atom is 0.330 e. The third kappa shape index (κ3) is 3.79. The first-order chi connectivity index (χ1) is 10.1. The number of carbonyl (C=O) groups is 2. The number of amides is 1. The Morgan fingerprint density at radius 1 is 1.29 bits per heavy atom. The molecule has 2 aromatic rings. The van der Waals surface area contributed by atoms with E-state index in [-0.39, 0.29) is 0 Å². The minimum atomic E-state index is -1.11. The van der Waals surface area contributed by atoms with E-state index >= 15 is 0 Å². The molecule has 0 saturated carbocycles. The molecule has 0 saturated heterocycles. The molecule has 0 bridgehead atoms. The van der Waals surface area contributed by atoms with Crippen LogP contribution in [0.2, 0.25) is 0 Å². The van der Waals surface area contributed by atoms with Crippen LogP contribution < -0.4 is 5.32 Å². The lowest BCUT2D eigenvalue weighted by Crippen LogP contribution is -2.32. The predicted octanol–water partition coefficient (Wildman–Crippen LogP) is 1.38. The molecule has 1 aromatic carbocycles. The van der Waals surface area contributed by atoms with Gasteiger partial charge >= 0.3 is 5.97 Å². The van der Waals surface area contributed by atoms with Gasteiger partial charge in [0.15, 0.2) is 6.04 Å². The van der Waals surface area contributed by atoms with Crippen LogP contribution in [-0.2, 0) is 16.6 Å². The average molecular weight is 285 g/mol. The Kier molecular flexibility index (Phi) is 4.50. The lowest BCUT2D eigenvalue weighted by Gasteiger charge is -2.13. The van der Waals surface area contributed by atoms with Crippen LogP contribution in [0.15, 0.2) is 48.7 Å². The fourth-order valence-corrected chi connectivity index (χ4v) is 1.83. The van der Waals surface area contributed by atoms with Gasteiger partial charge in [0.2, 0.25) is 5.91 Å². The summed E-state index contributed by atoms with van der Waals surface area (Å²) in [5, 5.41) is 15.6. The summed E-state index contributed by atoms with van der Waals surface area (Å²) in [6.45, 7) is 0. The van der Waals surface area contributed by atoms with Gasteiger partial charge in [-0.05, 0) is 17.7 Å². The number of aryl methyl sites for hydroxylation is 1. The van der Waals surface area contributed by atoms with Crippen molar-refractivity contribution in [1.82, 2.24) is 15.1 Å². The highest BCUT2D eigenvalue weighted by atomic mass is 16.4. The Hall–Kier alpha value is -2.89. The van der Waals surface area contributed by atoms with E-state index in [9.17, 15) is 14.7 Å². The summed E-state index contributed by atoms with van der Waals surface area (Å²) in [6.07, 6.45) is 4.48. The summed E-state index contributed by atoms with van der Waals surface area (Å²) in [7, 11) is 1.75. The zero-order chi connectivity index (χ0) is 15.2. The van der Waals surface area contributed by atoms with Crippen LogP contribution in [0.1, 0.15) is 17.3 Å². The van der Waals surface area contributed by atoms with Crippen molar-refractivity contribution in [3.63, 3.8) is 0 Å². The lowest BCUT2D eigenvalue weighted by molar-refractivity contribution is -0.141. The van der Waals surface area contributed by atoms with Gasteiger partial charge in [-0.2, -0.15) is 5.10 Å². The number of aliphatic carboxylic acids is 1. The van der Waals surface area contributed by atoms with Gasteiger partial charge in [-0.3, -0.25) is 9.48 Å². The molecule has 0 aliphatic rings. The second-order valence-electron chi connectivity index (χ2n) is 4.40. The van der Waals surface area contributed by atoms with Crippen LogP contribution in [-0.4, -0.2) is 26.8 Å². The highest BCUT2D eigenvalue weighted by molar-refractivity contribution is 5.94. The third-order valence-electron chi connectivity index (χ3n) is 2.93. The average Bonchev–Trinajstić information content (AvgIpc) is 2.88. The van der Waals surface area contributed by atoms with Crippen molar-refractivity contribution in [2.45, 2.75) is 6.04 Å². The van der Waals surface area contributed by atoms with E-state index in [4.69, 9.17) is 0 Å². The maximum atomic E-state index is 11.8. The minimum absolute atomic E-state index is 0.479. The molecule has 0 spiro atoms. The molecule has 0 aliphatic heterocycles. The number of rotatable bonds is 5. The quantitative estimate of drug-likeness (QED) is 0.813. The number of nitrogens with zero attached hydrogens (tertiary/aromatic N) is 2. The van der Waals surface area contributed by atoms with Gasteiger partial charge in [-0.25, -0.2) is 4.79 Å². The lowest BCUT2D eigenvalue weighted by atomic mass is 10.1. The predicted molar refractivity (Wildman–Crippen MR) is 77.2 cm³/mol. The summed E-state index contributed by atoms with van der Waals surface area (Å²) in [6, 6.07) is 9.22. The Bertz CT molecular complexity index is 662. The molecule has 1 amide bonds. The van der Waals surface area contributed by atoms with Crippen molar-refractivity contribution < 1.29 is 14.7 Å². The second-order valence-corrected chi connectivity index (χ2v) is 4.40. The van der Waals surface area contributed by atoms with Gasteiger partial charge in [0.05, 0.1) is 5.69 Å². The smallest absolute Gasteiger partial charge is 0.330 e. The molecular weight excluding hydrogens is 270 g/mol. The van der Waals surface area contributed by atoms with Crippen LogP contribution in [0.25, 0.3) is 6.08 Å². The molecule has 1 aromatic heterocycles. The number of carboxylic acid groups (broad SMARTS) is 1. The van der Waals surface area contributed by atoms with Gasteiger partial charge in [-0.1, -0.05) is 30.3 Å². The molecule has 108 valence electrons. The molecule has 1 atom stereocenters. The Morgan fingerprint density at radius 2 is 2.00 bits per heavy atom. The van der Waals surface area contributed by atoms with Gasteiger partial charge in [0.1, 0.15) is 0 Å². The molecule has 0 radical (unpaired) electrons. The number of benzene rings is 1. The van der Waals surface area contributed by atoms with Gasteiger partial charge in [0.25, 0.3) is 0 Å². The van der Waals surface area contributed by atoms with Crippen molar-refractivity contribution in [2.24, 2.45) is 7.05 Å². The van der Waals surface area contributed by atoms with Crippen molar-refractivity contribution in [3.05, 3.63) is 59.9 Å². The van der Waals surface area contributed by atoms with Crippen LogP contribution in [0.4, 0.5) is 0 Å². The molecule has 2 rings (SSSR count). The van der Waals surface area contributed by atoms with Gasteiger partial charge < -0.3 is 10.4 Å². The van der Waals surface area contributed by atoms with Crippen molar-refractivity contribution in [1.29, 1.82) is 0 Å². The summed E-state index contributed by atoms with van der Waals surface area (Å²) in [4.78, 5) is 23.1. The Balaban J connectivity index is 2.08. The van der Waals surface area contributed by atoms with Crippen molar-refractivity contribution in [2.75, 3.05) is 0 Å². The van der Waals surface area contributed by atoms with Crippen LogP contribution in [0.3, 0.4) is 0 Å². The molecule has 0 fully saturated rings. The van der Waals surface area contributed by atoms with Crippen LogP contribution in [0.5, 0.6) is 0 Å². The number of aromatic nitrogens is 2. The molecule has 2 N–H and O–H groups in total. The Morgan fingerprint density at radius 3 is 2.57 bits per heavy atom. The number of nitrogens with one attached hydrogen (secondary N) is 1. The number of hydrogen-bond donors (Lipinski definition) is 2. The largest absolute Gasteiger partial charge is 0.479 e. The van der Waals surface area contributed by atoms with E-state index in [2.05, 4.69) is 10.4 Å². The van der Waals surface area contributed by atoms with E-state index in [0.717, 1.165) is 5.69 Å². The Labute approximate surface area is 121 Å². The first-order valence-electron chi connectivity index (χ1n) is 6.32. The zero-order valence-corrected chi connectivity index (χ0v) is 11.4. The second kappa shape index (κ2) is 6.51. The summed E-state index contributed by atoms with van der Waals surface area (Å²) in [5.41, 5.74) is 1.27. The monoisotopic (exact) mass is 285 g/mol. The van der Waals surface area contributed by atoms with Crippen molar-refractivity contribution >= 4 is 18.0 Å². The van der Waals surface area contributed by atoms with E-state index in [1.165, 1.54) is 6.08 Å². The molecule has 6 heteroatoms. The zero-order valence-electron chi connectivity index (χ0n) is 11.4. The first kappa shape index (κ1) is 14.5. The van der Waals surface area contributed by atoms with Crippen LogP contribution in [0, 0.1) is 0 Å².